The van der Waals surface area contributed by atoms with E-state index >= 15 is 0 Å². The SMILES string of the molecule is COc1cc(OC)c2c(c1)C(c1ccccc1)(c1ccccc1)OC(CCCOc1ccccc1)O2. The van der Waals surface area contributed by atoms with Gasteiger partial charge in [0.25, 0.3) is 0 Å². The summed E-state index contributed by atoms with van der Waals surface area (Å²) in [4.78, 5) is 0. The standard InChI is InChI=1S/C31H30O5/c1-32-26-21-27-30(28(22-26)33-2)35-29(19-12-20-34-25-17-10-5-11-18-25)36-31(27,23-13-6-3-7-14-23)24-15-8-4-9-16-24/h3-11,13-18,21-22,29H,12,19-20H2,1-2H3. The number of fused-ring (bicyclic) bond motifs is 1. The van der Waals surface area contributed by atoms with Crippen LogP contribution in [0.25, 0.3) is 0 Å². The third kappa shape index (κ3) is 4.62. The summed E-state index contributed by atoms with van der Waals surface area (Å²) in [5.41, 5.74) is 1.93. The molecule has 0 amide bonds. The fourth-order valence-corrected chi connectivity index (χ4v) is 4.68. The first-order chi connectivity index (χ1) is 17.7. The topological polar surface area (TPSA) is 46.2 Å². The molecule has 0 aromatic heterocycles. The van der Waals surface area contributed by atoms with Gasteiger partial charge in [-0.3, -0.25) is 0 Å². The molecule has 0 spiro atoms. The predicted molar refractivity (Wildman–Crippen MR) is 139 cm³/mol. The number of hydrogen-bond donors (Lipinski definition) is 0. The van der Waals surface area contributed by atoms with Gasteiger partial charge in [0.2, 0.25) is 6.29 Å². The van der Waals surface area contributed by atoms with Crippen LogP contribution < -0.4 is 18.9 Å². The molecular formula is C31H30O5. The molecule has 5 nitrogen and oxygen atoms in total. The van der Waals surface area contributed by atoms with Crippen LogP contribution in [0.4, 0.5) is 0 Å². The van der Waals surface area contributed by atoms with Gasteiger partial charge >= 0.3 is 0 Å². The molecule has 0 saturated carbocycles. The Bertz CT molecular complexity index is 1220. The highest BCUT2D eigenvalue weighted by atomic mass is 16.7. The molecule has 184 valence electrons. The average Bonchev–Trinajstić information content (AvgIpc) is 2.95. The van der Waals surface area contributed by atoms with Gasteiger partial charge in [-0.05, 0) is 35.7 Å². The lowest BCUT2D eigenvalue weighted by Gasteiger charge is -2.43. The minimum atomic E-state index is -0.914. The Balaban J connectivity index is 1.56. The molecule has 0 N–H and O–H groups in total. The van der Waals surface area contributed by atoms with E-state index in [2.05, 4.69) is 24.3 Å². The number of rotatable bonds is 9. The number of methoxy groups -OCH3 is 2. The molecule has 1 aliphatic heterocycles. The van der Waals surface area contributed by atoms with E-state index < -0.39 is 11.9 Å². The lowest BCUT2D eigenvalue weighted by atomic mass is 9.78. The molecule has 0 aliphatic carbocycles. The van der Waals surface area contributed by atoms with Crippen molar-refractivity contribution in [2.45, 2.75) is 24.7 Å². The Kier molecular flexibility index (Phi) is 7.10. The van der Waals surface area contributed by atoms with Crippen LogP contribution in [0.5, 0.6) is 23.0 Å². The molecule has 1 atom stereocenters. The van der Waals surface area contributed by atoms with Crippen LogP contribution in [0.1, 0.15) is 29.5 Å². The van der Waals surface area contributed by atoms with Gasteiger partial charge in [-0.1, -0.05) is 78.9 Å². The van der Waals surface area contributed by atoms with Gasteiger partial charge in [0.15, 0.2) is 17.1 Å². The lowest BCUT2D eigenvalue weighted by Crippen LogP contribution is -2.43. The molecule has 5 rings (SSSR count). The summed E-state index contributed by atoms with van der Waals surface area (Å²) in [6.07, 6.45) is 0.884. The van der Waals surface area contributed by atoms with E-state index in [9.17, 15) is 0 Å². The first-order valence-electron chi connectivity index (χ1n) is 12.1. The molecule has 5 heteroatoms. The minimum absolute atomic E-state index is 0.514. The second-order valence-electron chi connectivity index (χ2n) is 8.59. The van der Waals surface area contributed by atoms with Crippen LogP contribution in [0, 0.1) is 0 Å². The van der Waals surface area contributed by atoms with Crippen molar-refractivity contribution in [3.05, 3.63) is 120 Å². The van der Waals surface area contributed by atoms with E-state index in [1.807, 2.05) is 78.9 Å². The molecule has 0 saturated heterocycles. The first kappa shape index (κ1) is 23.8. The summed E-state index contributed by atoms with van der Waals surface area (Å²) in [5.74, 6) is 2.79. The maximum Gasteiger partial charge on any atom is 0.201 e. The maximum absolute atomic E-state index is 6.94. The van der Waals surface area contributed by atoms with Crippen LogP contribution in [-0.2, 0) is 10.3 Å². The van der Waals surface area contributed by atoms with Crippen LogP contribution in [-0.4, -0.2) is 27.1 Å². The zero-order valence-corrected chi connectivity index (χ0v) is 20.6. The summed E-state index contributed by atoms with van der Waals surface area (Å²) in [7, 11) is 3.29. The highest BCUT2D eigenvalue weighted by molar-refractivity contribution is 5.61. The van der Waals surface area contributed by atoms with Crippen LogP contribution >= 0.6 is 0 Å². The Hall–Kier alpha value is -3.96. The normalized spacial score (nSPS) is 15.9. The van der Waals surface area contributed by atoms with Gasteiger partial charge in [0, 0.05) is 18.1 Å². The summed E-state index contributed by atoms with van der Waals surface area (Å²) in [6, 6.07) is 34.1. The third-order valence-corrected chi connectivity index (χ3v) is 6.38. The zero-order valence-electron chi connectivity index (χ0n) is 20.6. The third-order valence-electron chi connectivity index (χ3n) is 6.38. The highest BCUT2D eigenvalue weighted by Gasteiger charge is 2.47. The minimum Gasteiger partial charge on any atom is -0.497 e. The van der Waals surface area contributed by atoms with E-state index in [1.54, 1.807) is 14.2 Å². The monoisotopic (exact) mass is 482 g/mol. The van der Waals surface area contributed by atoms with Crippen molar-refractivity contribution in [1.29, 1.82) is 0 Å². The van der Waals surface area contributed by atoms with Gasteiger partial charge in [-0.15, -0.1) is 0 Å². The van der Waals surface area contributed by atoms with E-state index in [-0.39, 0.29) is 0 Å². The summed E-state index contributed by atoms with van der Waals surface area (Å²) < 4.78 is 30.7. The van der Waals surface area contributed by atoms with Gasteiger partial charge < -0.3 is 23.7 Å². The first-order valence-corrected chi connectivity index (χ1v) is 12.1. The van der Waals surface area contributed by atoms with Gasteiger partial charge in [-0.2, -0.15) is 0 Å². The number of para-hydroxylation sites is 1. The molecule has 1 aliphatic rings. The van der Waals surface area contributed by atoms with Crippen molar-refractivity contribution in [3.63, 3.8) is 0 Å². The average molecular weight is 483 g/mol. The molecule has 4 aromatic rings. The van der Waals surface area contributed by atoms with Gasteiger partial charge in [-0.25, -0.2) is 0 Å². The molecule has 0 fully saturated rings. The van der Waals surface area contributed by atoms with E-state index in [4.69, 9.17) is 23.7 Å². The van der Waals surface area contributed by atoms with E-state index in [1.165, 1.54) is 0 Å². The Morgan fingerprint density at radius 3 is 1.92 bits per heavy atom. The lowest BCUT2D eigenvalue weighted by molar-refractivity contribution is -0.167. The fraction of sp³-hybridized carbons (Fsp3) is 0.226. The second-order valence-corrected chi connectivity index (χ2v) is 8.59. The Morgan fingerprint density at radius 1 is 0.722 bits per heavy atom. The molecule has 1 unspecified atom stereocenters. The summed E-state index contributed by atoms with van der Waals surface area (Å²) in [6.45, 7) is 0.559. The van der Waals surface area contributed by atoms with Crippen molar-refractivity contribution in [3.8, 4) is 23.0 Å². The predicted octanol–water partition coefficient (Wildman–Crippen LogP) is 6.59. The molecule has 36 heavy (non-hydrogen) atoms. The smallest absolute Gasteiger partial charge is 0.201 e. The highest BCUT2D eigenvalue weighted by Crippen LogP contribution is 2.53. The Morgan fingerprint density at radius 2 is 1.33 bits per heavy atom. The van der Waals surface area contributed by atoms with Crippen LogP contribution in [0.3, 0.4) is 0 Å². The van der Waals surface area contributed by atoms with Crippen molar-refractivity contribution in [1.82, 2.24) is 0 Å². The van der Waals surface area contributed by atoms with E-state index in [0.29, 0.717) is 30.3 Å². The molecule has 4 aromatic carbocycles. The van der Waals surface area contributed by atoms with E-state index in [0.717, 1.165) is 28.9 Å². The molecular weight excluding hydrogens is 452 g/mol. The van der Waals surface area contributed by atoms with Crippen molar-refractivity contribution in [2.24, 2.45) is 0 Å². The number of hydrogen-bond acceptors (Lipinski definition) is 5. The van der Waals surface area contributed by atoms with Crippen molar-refractivity contribution < 1.29 is 23.7 Å². The summed E-state index contributed by atoms with van der Waals surface area (Å²) >= 11 is 0. The van der Waals surface area contributed by atoms with Crippen molar-refractivity contribution in [2.75, 3.05) is 20.8 Å². The quantitative estimate of drug-likeness (QED) is 0.252. The maximum atomic E-state index is 6.94. The zero-order chi connectivity index (χ0) is 24.8. The molecule has 0 bridgehead atoms. The Labute approximate surface area is 212 Å². The van der Waals surface area contributed by atoms with Crippen molar-refractivity contribution >= 4 is 0 Å². The fourth-order valence-electron chi connectivity index (χ4n) is 4.68. The summed E-state index contributed by atoms with van der Waals surface area (Å²) in [5, 5.41) is 0. The largest absolute Gasteiger partial charge is 0.497 e. The van der Waals surface area contributed by atoms with Crippen LogP contribution in [0.2, 0.25) is 0 Å². The second kappa shape index (κ2) is 10.8. The molecule has 1 heterocycles. The van der Waals surface area contributed by atoms with Crippen LogP contribution in [0.15, 0.2) is 103 Å². The number of ether oxygens (including phenoxy) is 5. The molecule has 0 radical (unpaired) electrons. The number of benzene rings is 4. The van der Waals surface area contributed by atoms with Gasteiger partial charge in [0.1, 0.15) is 11.5 Å². The van der Waals surface area contributed by atoms with Gasteiger partial charge in [0.05, 0.1) is 20.8 Å².